The van der Waals surface area contributed by atoms with Gasteiger partial charge in [-0.2, -0.15) is 0 Å². The van der Waals surface area contributed by atoms with Crippen LogP contribution in [-0.4, -0.2) is 44.1 Å². The molecular weight excluding hydrogens is 440 g/mol. The van der Waals surface area contributed by atoms with Gasteiger partial charge in [0.1, 0.15) is 15.8 Å². The van der Waals surface area contributed by atoms with Crippen LogP contribution in [-0.2, 0) is 4.79 Å². The molecule has 2 atom stereocenters. The smallest absolute Gasteiger partial charge is 0.267 e. The van der Waals surface area contributed by atoms with Gasteiger partial charge in [0.15, 0.2) is 0 Å². The Kier molecular flexibility index (Phi) is 6.45. The highest BCUT2D eigenvalue weighted by molar-refractivity contribution is 8.26. The van der Waals surface area contributed by atoms with Gasteiger partial charge >= 0.3 is 0 Å². The summed E-state index contributed by atoms with van der Waals surface area (Å²) in [5, 5.41) is 0. The minimum Gasteiger partial charge on any atom is -0.355 e. The maximum atomic E-state index is 13.6. The van der Waals surface area contributed by atoms with Crippen molar-refractivity contribution in [2.24, 2.45) is 17.8 Å². The van der Waals surface area contributed by atoms with Crippen molar-refractivity contribution in [1.29, 1.82) is 0 Å². The van der Waals surface area contributed by atoms with Crippen LogP contribution in [0.3, 0.4) is 0 Å². The summed E-state index contributed by atoms with van der Waals surface area (Å²) in [4.78, 5) is 36.0. The van der Waals surface area contributed by atoms with Crippen LogP contribution in [0.2, 0.25) is 0 Å². The lowest BCUT2D eigenvalue weighted by molar-refractivity contribution is -0.122. The number of fused-ring (bicyclic) bond motifs is 1. The zero-order valence-electron chi connectivity index (χ0n) is 19.3. The van der Waals surface area contributed by atoms with Gasteiger partial charge in [0.2, 0.25) is 0 Å². The molecule has 0 aromatic carbocycles. The average Bonchev–Trinajstić information content (AvgIpc) is 2.96. The molecule has 0 saturated carbocycles. The van der Waals surface area contributed by atoms with Crippen molar-refractivity contribution < 1.29 is 4.79 Å². The number of carbonyl (C=O) groups excluding carboxylic acids is 1. The van der Waals surface area contributed by atoms with E-state index in [4.69, 9.17) is 17.2 Å². The first-order chi connectivity index (χ1) is 15.2. The van der Waals surface area contributed by atoms with E-state index >= 15 is 0 Å². The van der Waals surface area contributed by atoms with E-state index in [0.717, 1.165) is 25.1 Å². The summed E-state index contributed by atoms with van der Waals surface area (Å²) < 4.78 is 2.12. The number of carbonyl (C=O) groups is 1. The Morgan fingerprint density at radius 1 is 1.25 bits per heavy atom. The van der Waals surface area contributed by atoms with E-state index in [0.29, 0.717) is 50.6 Å². The molecule has 1 amide bonds. The second-order valence-corrected chi connectivity index (χ2v) is 11.3. The second kappa shape index (κ2) is 8.98. The third-order valence-corrected chi connectivity index (χ3v) is 7.31. The van der Waals surface area contributed by atoms with Crippen molar-refractivity contribution in [3.05, 3.63) is 44.7 Å². The van der Waals surface area contributed by atoms with Crippen LogP contribution < -0.4 is 10.5 Å². The molecule has 2 aromatic heterocycles. The molecule has 0 spiro atoms. The molecule has 2 aromatic rings. The van der Waals surface area contributed by atoms with E-state index < -0.39 is 0 Å². The first-order valence-electron chi connectivity index (χ1n) is 11.2. The molecule has 4 heterocycles. The fourth-order valence-corrected chi connectivity index (χ4v) is 5.91. The normalized spacial score (nSPS) is 23.2. The Hall–Kier alpha value is -2.19. The number of thioether (sulfide) groups is 1. The SMILES string of the molecule is Cc1cccn2c(=O)c(/C=C3/SC(=S)N(CC(C)C)C3=O)c(N3C[C@@H](C)C[C@H](C)C3)nc12. The van der Waals surface area contributed by atoms with Crippen LogP contribution in [0, 0.1) is 24.7 Å². The Bertz CT molecular complexity index is 1160. The molecule has 4 rings (SSSR count). The number of rotatable bonds is 4. The first kappa shape index (κ1) is 23.0. The van der Waals surface area contributed by atoms with Crippen molar-refractivity contribution in [2.75, 3.05) is 24.5 Å². The summed E-state index contributed by atoms with van der Waals surface area (Å²) in [5.41, 5.74) is 1.90. The van der Waals surface area contributed by atoms with E-state index in [2.05, 4.69) is 32.6 Å². The van der Waals surface area contributed by atoms with Crippen molar-refractivity contribution in [1.82, 2.24) is 14.3 Å². The highest BCUT2D eigenvalue weighted by Crippen LogP contribution is 2.35. The maximum Gasteiger partial charge on any atom is 0.267 e. The summed E-state index contributed by atoms with van der Waals surface area (Å²) >= 11 is 6.73. The van der Waals surface area contributed by atoms with E-state index in [1.807, 2.05) is 19.1 Å². The molecule has 2 saturated heterocycles. The average molecular weight is 471 g/mol. The number of piperidine rings is 1. The number of hydrogen-bond donors (Lipinski definition) is 0. The maximum absolute atomic E-state index is 13.6. The molecule has 2 aliphatic rings. The molecule has 0 aliphatic carbocycles. The number of thiocarbonyl (C=S) groups is 1. The molecule has 2 fully saturated rings. The van der Waals surface area contributed by atoms with Crippen LogP contribution in [0.25, 0.3) is 11.7 Å². The van der Waals surface area contributed by atoms with Gasteiger partial charge in [-0.05, 0) is 48.8 Å². The molecule has 0 bridgehead atoms. The number of pyridine rings is 1. The summed E-state index contributed by atoms with van der Waals surface area (Å²) in [7, 11) is 0. The quantitative estimate of drug-likeness (QED) is 0.489. The predicted octanol–water partition coefficient (Wildman–Crippen LogP) is 4.34. The van der Waals surface area contributed by atoms with Gasteiger partial charge in [-0.25, -0.2) is 4.98 Å². The first-order valence-corrected chi connectivity index (χ1v) is 12.4. The van der Waals surface area contributed by atoms with Crippen LogP contribution >= 0.6 is 24.0 Å². The van der Waals surface area contributed by atoms with Crippen LogP contribution in [0.15, 0.2) is 28.0 Å². The van der Waals surface area contributed by atoms with Crippen molar-refractivity contribution in [3.63, 3.8) is 0 Å². The molecule has 0 N–H and O–H groups in total. The minimum absolute atomic E-state index is 0.131. The van der Waals surface area contributed by atoms with Gasteiger partial charge in [0.05, 0.1) is 10.5 Å². The Morgan fingerprint density at radius 3 is 2.59 bits per heavy atom. The van der Waals surface area contributed by atoms with E-state index in [-0.39, 0.29) is 11.5 Å². The number of hydrogen-bond acceptors (Lipinski definition) is 6. The third kappa shape index (κ3) is 4.35. The molecule has 2 aliphatic heterocycles. The topological polar surface area (TPSA) is 57.9 Å². The van der Waals surface area contributed by atoms with Gasteiger partial charge in [-0.1, -0.05) is 57.7 Å². The second-order valence-electron chi connectivity index (χ2n) is 9.58. The fourth-order valence-electron chi connectivity index (χ4n) is 4.66. The third-order valence-electron chi connectivity index (χ3n) is 5.93. The zero-order chi connectivity index (χ0) is 23.2. The Labute approximate surface area is 198 Å². The van der Waals surface area contributed by atoms with Crippen molar-refractivity contribution >= 4 is 51.7 Å². The Morgan fingerprint density at radius 2 is 1.94 bits per heavy atom. The van der Waals surface area contributed by atoms with Gasteiger partial charge in [0, 0.05) is 25.8 Å². The summed E-state index contributed by atoms with van der Waals surface area (Å²) in [6.45, 7) is 12.8. The Balaban J connectivity index is 1.87. The minimum atomic E-state index is -0.159. The largest absolute Gasteiger partial charge is 0.355 e. The number of aromatic nitrogens is 2. The van der Waals surface area contributed by atoms with Crippen LogP contribution in [0.5, 0.6) is 0 Å². The van der Waals surface area contributed by atoms with Gasteiger partial charge in [0.25, 0.3) is 11.5 Å². The summed E-state index contributed by atoms with van der Waals surface area (Å²) in [5.74, 6) is 1.85. The number of anilines is 1. The van der Waals surface area contributed by atoms with Crippen LogP contribution in [0.4, 0.5) is 5.82 Å². The molecule has 170 valence electrons. The lowest BCUT2D eigenvalue weighted by atomic mass is 9.91. The molecule has 0 unspecified atom stereocenters. The lowest BCUT2D eigenvalue weighted by Gasteiger charge is -2.36. The predicted molar refractivity (Wildman–Crippen MR) is 136 cm³/mol. The summed E-state index contributed by atoms with van der Waals surface area (Å²) in [6, 6.07) is 3.81. The number of amides is 1. The van der Waals surface area contributed by atoms with Gasteiger partial charge in [-0.3, -0.25) is 18.9 Å². The molecule has 0 radical (unpaired) electrons. The lowest BCUT2D eigenvalue weighted by Crippen LogP contribution is -2.40. The van der Waals surface area contributed by atoms with Crippen molar-refractivity contribution in [3.8, 4) is 0 Å². The highest BCUT2D eigenvalue weighted by Gasteiger charge is 2.34. The summed E-state index contributed by atoms with van der Waals surface area (Å²) in [6.07, 6.45) is 4.61. The van der Waals surface area contributed by atoms with Crippen LogP contribution in [0.1, 0.15) is 45.2 Å². The number of aryl methyl sites for hydroxylation is 1. The van der Waals surface area contributed by atoms with E-state index in [1.54, 1.807) is 21.6 Å². The molecule has 32 heavy (non-hydrogen) atoms. The van der Waals surface area contributed by atoms with E-state index in [9.17, 15) is 9.59 Å². The zero-order valence-corrected chi connectivity index (χ0v) is 20.9. The van der Waals surface area contributed by atoms with Crippen molar-refractivity contribution in [2.45, 2.75) is 41.0 Å². The molecule has 8 heteroatoms. The van der Waals surface area contributed by atoms with Gasteiger partial charge in [-0.15, -0.1) is 0 Å². The highest BCUT2D eigenvalue weighted by atomic mass is 32.2. The standard InChI is InChI=1S/C24H30N4O2S2/c1-14(2)11-28-23(30)19(32-24(28)31)10-18-21(26-12-15(3)9-16(4)13-26)25-20-17(5)7-6-8-27(20)22(18)29/h6-8,10,14-16H,9,11-13H2,1-5H3/b19-10+/t15-,16-/m0/s1. The monoisotopic (exact) mass is 470 g/mol. The molecule has 6 nitrogen and oxygen atoms in total. The van der Waals surface area contributed by atoms with Gasteiger partial charge < -0.3 is 4.90 Å². The van der Waals surface area contributed by atoms with E-state index in [1.165, 1.54) is 11.8 Å². The fraction of sp³-hybridized carbons (Fsp3) is 0.500. The molecular formula is C24H30N4O2S2. The number of nitrogens with zero attached hydrogens (tertiary/aromatic N) is 4.